The SMILES string of the molecule is CC(O)C(=O)NCC(C)(C)c1cc[nH]c1. The van der Waals surface area contributed by atoms with Gasteiger partial charge in [0.2, 0.25) is 5.91 Å². The van der Waals surface area contributed by atoms with E-state index in [-0.39, 0.29) is 11.3 Å². The molecular formula is C11H18N2O2. The minimum absolute atomic E-state index is 0.134. The first-order chi connectivity index (χ1) is 6.93. The normalized spacial score (nSPS) is 13.6. The van der Waals surface area contributed by atoms with E-state index in [1.807, 2.05) is 32.3 Å². The van der Waals surface area contributed by atoms with Gasteiger partial charge in [-0.15, -0.1) is 0 Å². The number of aromatic nitrogens is 1. The Morgan fingerprint density at radius 1 is 1.67 bits per heavy atom. The lowest BCUT2D eigenvalue weighted by molar-refractivity contribution is -0.128. The number of aliphatic hydroxyl groups excluding tert-OH is 1. The third kappa shape index (κ3) is 3.09. The molecule has 0 aliphatic carbocycles. The molecule has 15 heavy (non-hydrogen) atoms. The summed E-state index contributed by atoms with van der Waals surface area (Å²) in [7, 11) is 0. The van der Waals surface area contributed by atoms with Gasteiger partial charge in [-0.1, -0.05) is 13.8 Å². The highest BCUT2D eigenvalue weighted by atomic mass is 16.3. The molecule has 0 bridgehead atoms. The molecule has 0 radical (unpaired) electrons. The van der Waals surface area contributed by atoms with E-state index in [0.717, 1.165) is 5.56 Å². The number of carbonyl (C=O) groups is 1. The van der Waals surface area contributed by atoms with Crippen molar-refractivity contribution in [1.82, 2.24) is 10.3 Å². The average molecular weight is 210 g/mol. The summed E-state index contributed by atoms with van der Waals surface area (Å²) in [6.45, 7) is 6.05. The van der Waals surface area contributed by atoms with Crippen LogP contribution in [0.1, 0.15) is 26.3 Å². The standard InChI is InChI=1S/C11H18N2O2/c1-8(14)10(15)13-7-11(2,3)9-4-5-12-6-9/h4-6,8,12,14H,7H2,1-3H3,(H,13,15). The summed E-state index contributed by atoms with van der Waals surface area (Å²) in [6.07, 6.45) is 2.81. The van der Waals surface area contributed by atoms with Crippen LogP contribution in [0.5, 0.6) is 0 Å². The van der Waals surface area contributed by atoms with E-state index in [2.05, 4.69) is 10.3 Å². The van der Waals surface area contributed by atoms with E-state index in [9.17, 15) is 4.79 Å². The fraction of sp³-hybridized carbons (Fsp3) is 0.545. The second kappa shape index (κ2) is 4.49. The van der Waals surface area contributed by atoms with Gasteiger partial charge in [0.05, 0.1) is 0 Å². The summed E-state index contributed by atoms with van der Waals surface area (Å²) < 4.78 is 0. The molecule has 0 aromatic carbocycles. The van der Waals surface area contributed by atoms with Crippen LogP contribution in [-0.2, 0) is 10.2 Å². The number of carbonyl (C=O) groups excluding carboxylic acids is 1. The van der Waals surface area contributed by atoms with Gasteiger partial charge < -0.3 is 15.4 Å². The predicted molar refractivity (Wildman–Crippen MR) is 58.5 cm³/mol. The number of hydrogen-bond donors (Lipinski definition) is 3. The highest BCUT2D eigenvalue weighted by Crippen LogP contribution is 2.21. The third-order valence-corrected chi connectivity index (χ3v) is 2.46. The van der Waals surface area contributed by atoms with Crippen molar-refractivity contribution in [2.45, 2.75) is 32.3 Å². The smallest absolute Gasteiger partial charge is 0.248 e. The van der Waals surface area contributed by atoms with E-state index >= 15 is 0 Å². The Bertz CT molecular complexity index is 315. The van der Waals surface area contributed by atoms with Crippen molar-refractivity contribution in [3.05, 3.63) is 24.0 Å². The van der Waals surface area contributed by atoms with Crippen LogP contribution in [0.25, 0.3) is 0 Å². The van der Waals surface area contributed by atoms with Crippen LogP contribution >= 0.6 is 0 Å². The summed E-state index contributed by atoms with van der Waals surface area (Å²) in [4.78, 5) is 14.2. The zero-order valence-electron chi connectivity index (χ0n) is 9.37. The van der Waals surface area contributed by atoms with Crippen LogP contribution < -0.4 is 5.32 Å². The first kappa shape index (κ1) is 11.8. The van der Waals surface area contributed by atoms with Gasteiger partial charge in [0.25, 0.3) is 0 Å². The molecule has 0 fully saturated rings. The number of aliphatic hydroxyl groups is 1. The lowest BCUT2D eigenvalue weighted by Crippen LogP contribution is -2.40. The topological polar surface area (TPSA) is 65.1 Å². The molecule has 0 aliphatic heterocycles. The van der Waals surface area contributed by atoms with E-state index in [0.29, 0.717) is 6.54 Å². The highest BCUT2D eigenvalue weighted by Gasteiger charge is 2.22. The van der Waals surface area contributed by atoms with Crippen LogP contribution in [-0.4, -0.2) is 28.6 Å². The van der Waals surface area contributed by atoms with Gasteiger partial charge in [0, 0.05) is 24.4 Å². The maximum atomic E-state index is 11.2. The van der Waals surface area contributed by atoms with Gasteiger partial charge in [0.15, 0.2) is 0 Å². The van der Waals surface area contributed by atoms with E-state index in [1.54, 1.807) is 0 Å². The van der Waals surface area contributed by atoms with Crippen LogP contribution in [0.4, 0.5) is 0 Å². The maximum Gasteiger partial charge on any atom is 0.248 e. The summed E-state index contributed by atoms with van der Waals surface area (Å²) >= 11 is 0. The summed E-state index contributed by atoms with van der Waals surface area (Å²) in [5.41, 5.74) is 0.998. The molecule has 1 atom stereocenters. The number of H-pyrrole nitrogens is 1. The molecule has 1 rings (SSSR count). The maximum absolute atomic E-state index is 11.2. The van der Waals surface area contributed by atoms with Crippen molar-refractivity contribution in [3.8, 4) is 0 Å². The van der Waals surface area contributed by atoms with Crippen molar-refractivity contribution in [2.24, 2.45) is 0 Å². The molecule has 0 saturated carbocycles. The van der Waals surface area contributed by atoms with Crippen molar-refractivity contribution < 1.29 is 9.90 Å². The van der Waals surface area contributed by atoms with E-state index in [1.165, 1.54) is 6.92 Å². The van der Waals surface area contributed by atoms with Crippen molar-refractivity contribution >= 4 is 5.91 Å². The Labute approximate surface area is 89.7 Å². The Morgan fingerprint density at radius 2 is 2.33 bits per heavy atom. The zero-order valence-corrected chi connectivity index (χ0v) is 9.37. The Hall–Kier alpha value is -1.29. The summed E-state index contributed by atoms with van der Waals surface area (Å²) in [5, 5.41) is 11.7. The monoisotopic (exact) mass is 210 g/mol. The molecule has 4 nitrogen and oxygen atoms in total. The Kier molecular flexibility index (Phi) is 3.52. The van der Waals surface area contributed by atoms with Crippen molar-refractivity contribution in [3.63, 3.8) is 0 Å². The second-order valence-electron chi connectivity index (χ2n) is 4.38. The first-order valence-corrected chi connectivity index (χ1v) is 5.02. The molecule has 0 saturated heterocycles. The fourth-order valence-corrected chi connectivity index (χ4v) is 1.30. The summed E-state index contributed by atoms with van der Waals surface area (Å²) in [5.74, 6) is -0.335. The number of rotatable bonds is 4. The third-order valence-electron chi connectivity index (χ3n) is 2.46. The molecule has 4 heteroatoms. The van der Waals surface area contributed by atoms with Gasteiger partial charge in [0.1, 0.15) is 6.10 Å². The predicted octanol–water partition coefficient (Wildman–Crippen LogP) is 0.789. The van der Waals surface area contributed by atoms with Crippen LogP contribution in [0.15, 0.2) is 18.5 Å². The zero-order chi connectivity index (χ0) is 11.5. The number of aromatic amines is 1. The molecule has 3 N–H and O–H groups in total. The molecular weight excluding hydrogens is 192 g/mol. The molecule has 1 amide bonds. The number of hydrogen-bond acceptors (Lipinski definition) is 2. The van der Waals surface area contributed by atoms with Gasteiger partial charge in [-0.3, -0.25) is 4.79 Å². The number of nitrogens with one attached hydrogen (secondary N) is 2. The molecule has 1 unspecified atom stereocenters. The lowest BCUT2D eigenvalue weighted by atomic mass is 9.86. The largest absolute Gasteiger partial charge is 0.384 e. The first-order valence-electron chi connectivity index (χ1n) is 5.02. The Balaban J connectivity index is 2.54. The van der Waals surface area contributed by atoms with Gasteiger partial charge >= 0.3 is 0 Å². The van der Waals surface area contributed by atoms with Crippen molar-refractivity contribution in [1.29, 1.82) is 0 Å². The van der Waals surface area contributed by atoms with Crippen LogP contribution in [0.3, 0.4) is 0 Å². The molecule has 0 spiro atoms. The second-order valence-corrected chi connectivity index (χ2v) is 4.38. The van der Waals surface area contributed by atoms with Crippen LogP contribution in [0, 0.1) is 0 Å². The fourth-order valence-electron chi connectivity index (χ4n) is 1.30. The molecule has 0 aliphatic rings. The van der Waals surface area contributed by atoms with Gasteiger partial charge in [-0.25, -0.2) is 0 Å². The average Bonchev–Trinajstić information content (AvgIpc) is 2.67. The molecule has 1 aromatic rings. The van der Waals surface area contributed by atoms with E-state index < -0.39 is 6.10 Å². The molecule has 84 valence electrons. The molecule has 1 heterocycles. The quantitative estimate of drug-likeness (QED) is 0.688. The summed E-state index contributed by atoms with van der Waals surface area (Å²) in [6, 6.07) is 1.98. The highest BCUT2D eigenvalue weighted by molar-refractivity contribution is 5.80. The van der Waals surface area contributed by atoms with Crippen molar-refractivity contribution in [2.75, 3.05) is 6.54 Å². The minimum atomic E-state index is -0.952. The lowest BCUT2D eigenvalue weighted by Gasteiger charge is -2.24. The van der Waals surface area contributed by atoms with Gasteiger partial charge in [-0.05, 0) is 18.6 Å². The minimum Gasteiger partial charge on any atom is -0.384 e. The number of amides is 1. The van der Waals surface area contributed by atoms with Crippen LogP contribution in [0.2, 0.25) is 0 Å². The Morgan fingerprint density at radius 3 is 2.80 bits per heavy atom. The van der Waals surface area contributed by atoms with E-state index in [4.69, 9.17) is 5.11 Å². The van der Waals surface area contributed by atoms with Gasteiger partial charge in [-0.2, -0.15) is 0 Å². The molecule has 1 aromatic heterocycles.